The maximum Gasteiger partial charge on any atom is 0.416 e. The van der Waals surface area contributed by atoms with Crippen LogP contribution in [-0.2, 0) is 23.7 Å². The molecular weight excluding hydrogens is 406 g/mol. The maximum atomic E-state index is 12.8. The summed E-state index contributed by atoms with van der Waals surface area (Å²) in [6.45, 7) is -0.331. The standard InChI is InChI=1S/C18H14F6N2O3/c19-17(20,21)11-4-12(18(22,23)24)6-13(5-11)25-8-16(27)26-7-10-1-2-14-15(3-10)29-9-28-14/h1-6,25H,7-9H2,(H,26,27). The molecule has 1 aliphatic rings. The molecular formula is C18H14F6N2O3. The third-order valence-electron chi connectivity index (χ3n) is 3.97. The van der Waals surface area contributed by atoms with E-state index < -0.39 is 41.6 Å². The molecule has 2 N–H and O–H groups in total. The molecule has 0 aromatic heterocycles. The lowest BCUT2D eigenvalue weighted by Gasteiger charge is -2.15. The molecule has 2 aromatic rings. The van der Waals surface area contributed by atoms with Crippen LogP contribution in [-0.4, -0.2) is 19.2 Å². The molecule has 0 bridgehead atoms. The Morgan fingerprint density at radius 1 is 0.897 bits per heavy atom. The Morgan fingerprint density at radius 3 is 2.14 bits per heavy atom. The van der Waals surface area contributed by atoms with Gasteiger partial charge in [0.05, 0.1) is 17.7 Å². The number of carbonyl (C=O) groups is 1. The molecule has 29 heavy (non-hydrogen) atoms. The summed E-state index contributed by atoms with van der Waals surface area (Å²) in [4.78, 5) is 11.9. The number of anilines is 1. The first kappa shape index (κ1) is 20.6. The molecule has 1 aliphatic heterocycles. The number of nitrogens with one attached hydrogen (secondary N) is 2. The summed E-state index contributed by atoms with van der Waals surface area (Å²) >= 11 is 0. The van der Waals surface area contributed by atoms with Crippen LogP contribution in [0.3, 0.4) is 0 Å². The van der Waals surface area contributed by atoms with E-state index in [1.165, 1.54) is 0 Å². The summed E-state index contributed by atoms with van der Waals surface area (Å²) in [5.74, 6) is 0.457. The highest BCUT2D eigenvalue weighted by Gasteiger charge is 2.36. The minimum absolute atomic E-state index is 0.0187. The fourth-order valence-corrected chi connectivity index (χ4v) is 2.55. The number of amides is 1. The van der Waals surface area contributed by atoms with Gasteiger partial charge < -0.3 is 20.1 Å². The lowest BCUT2D eigenvalue weighted by atomic mass is 10.1. The van der Waals surface area contributed by atoms with Crippen molar-refractivity contribution in [3.63, 3.8) is 0 Å². The number of ether oxygens (including phenoxy) is 2. The molecule has 0 fully saturated rings. The van der Waals surface area contributed by atoms with Crippen molar-refractivity contribution in [1.29, 1.82) is 0 Å². The van der Waals surface area contributed by atoms with E-state index >= 15 is 0 Å². The van der Waals surface area contributed by atoms with E-state index in [2.05, 4.69) is 10.6 Å². The summed E-state index contributed by atoms with van der Waals surface area (Å²) in [6.07, 6.45) is -9.92. The molecule has 1 amide bonds. The summed E-state index contributed by atoms with van der Waals surface area (Å²) < 4.78 is 87.4. The average molecular weight is 420 g/mol. The first-order valence-electron chi connectivity index (χ1n) is 8.21. The van der Waals surface area contributed by atoms with Crippen molar-refractivity contribution < 1.29 is 40.6 Å². The lowest BCUT2D eigenvalue weighted by Crippen LogP contribution is -2.29. The molecule has 0 radical (unpaired) electrons. The van der Waals surface area contributed by atoms with Crippen LogP contribution in [0.5, 0.6) is 11.5 Å². The van der Waals surface area contributed by atoms with Crippen molar-refractivity contribution in [3.8, 4) is 11.5 Å². The number of hydrogen-bond acceptors (Lipinski definition) is 4. The van der Waals surface area contributed by atoms with Crippen LogP contribution >= 0.6 is 0 Å². The number of rotatable bonds is 5. The second kappa shape index (κ2) is 7.72. The SMILES string of the molecule is O=C(CNc1cc(C(F)(F)F)cc(C(F)(F)F)c1)NCc1ccc2c(c1)OCO2. The molecule has 1 heterocycles. The van der Waals surface area contributed by atoms with Crippen LogP contribution in [0.25, 0.3) is 0 Å². The number of fused-ring (bicyclic) bond motifs is 1. The van der Waals surface area contributed by atoms with E-state index in [1.807, 2.05) is 0 Å². The van der Waals surface area contributed by atoms with E-state index in [1.54, 1.807) is 18.2 Å². The minimum atomic E-state index is -4.96. The van der Waals surface area contributed by atoms with Gasteiger partial charge in [0.2, 0.25) is 12.7 Å². The quantitative estimate of drug-likeness (QED) is 0.713. The van der Waals surface area contributed by atoms with Gasteiger partial charge in [0.25, 0.3) is 0 Å². The number of alkyl halides is 6. The zero-order valence-corrected chi connectivity index (χ0v) is 14.6. The molecule has 0 saturated heterocycles. The van der Waals surface area contributed by atoms with Crippen LogP contribution in [0, 0.1) is 0 Å². The van der Waals surface area contributed by atoms with Gasteiger partial charge in [0.15, 0.2) is 11.5 Å². The van der Waals surface area contributed by atoms with Crippen molar-refractivity contribution in [3.05, 3.63) is 53.1 Å². The van der Waals surface area contributed by atoms with Crippen LogP contribution < -0.4 is 20.1 Å². The van der Waals surface area contributed by atoms with E-state index in [4.69, 9.17) is 9.47 Å². The summed E-state index contributed by atoms with van der Waals surface area (Å²) in [6, 6.07) is 6.04. The largest absolute Gasteiger partial charge is 0.454 e. The van der Waals surface area contributed by atoms with Gasteiger partial charge in [-0.25, -0.2) is 0 Å². The zero-order chi connectivity index (χ0) is 21.2. The molecule has 0 unspecified atom stereocenters. The van der Waals surface area contributed by atoms with Crippen molar-refractivity contribution >= 4 is 11.6 Å². The second-order valence-electron chi connectivity index (χ2n) is 6.11. The van der Waals surface area contributed by atoms with Crippen LogP contribution in [0.2, 0.25) is 0 Å². The smallest absolute Gasteiger partial charge is 0.416 e. The van der Waals surface area contributed by atoms with Gasteiger partial charge in [-0.05, 0) is 35.9 Å². The van der Waals surface area contributed by atoms with E-state index in [0.29, 0.717) is 29.2 Å². The van der Waals surface area contributed by atoms with Gasteiger partial charge in [-0.2, -0.15) is 26.3 Å². The fourth-order valence-electron chi connectivity index (χ4n) is 2.55. The first-order valence-corrected chi connectivity index (χ1v) is 8.21. The zero-order valence-electron chi connectivity index (χ0n) is 14.6. The van der Waals surface area contributed by atoms with Gasteiger partial charge in [0, 0.05) is 12.2 Å². The molecule has 3 rings (SSSR count). The van der Waals surface area contributed by atoms with Crippen molar-refractivity contribution in [2.45, 2.75) is 18.9 Å². The number of carbonyl (C=O) groups excluding carboxylic acids is 1. The third-order valence-corrected chi connectivity index (χ3v) is 3.97. The molecule has 5 nitrogen and oxygen atoms in total. The molecule has 0 saturated carbocycles. The highest BCUT2D eigenvalue weighted by atomic mass is 19.4. The monoisotopic (exact) mass is 420 g/mol. The molecule has 0 atom stereocenters. The van der Waals surface area contributed by atoms with Crippen LogP contribution in [0.1, 0.15) is 16.7 Å². The summed E-state index contributed by atoms with van der Waals surface area (Å²) in [5.41, 5.74) is -2.71. The lowest BCUT2D eigenvalue weighted by molar-refractivity contribution is -0.143. The molecule has 11 heteroatoms. The van der Waals surface area contributed by atoms with E-state index in [0.717, 1.165) is 0 Å². The van der Waals surface area contributed by atoms with Gasteiger partial charge in [0.1, 0.15) is 0 Å². The maximum absolute atomic E-state index is 12.8. The summed E-state index contributed by atoms with van der Waals surface area (Å²) in [5, 5.41) is 4.80. The van der Waals surface area contributed by atoms with Crippen LogP contribution in [0.15, 0.2) is 36.4 Å². The molecule has 0 aliphatic carbocycles. The number of halogens is 6. The van der Waals surface area contributed by atoms with Crippen molar-refractivity contribution in [2.75, 3.05) is 18.7 Å². The second-order valence-corrected chi connectivity index (χ2v) is 6.11. The Hall–Kier alpha value is -3.11. The number of hydrogen-bond donors (Lipinski definition) is 2. The Morgan fingerprint density at radius 2 is 1.52 bits per heavy atom. The predicted molar refractivity (Wildman–Crippen MR) is 89.3 cm³/mol. The Bertz CT molecular complexity index is 879. The van der Waals surface area contributed by atoms with Crippen LogP contribution in [0.4, 0.5) is 32.0 Å². The number of benzene rings is 2. The highest BCUT2D eigenvalue weighted by molar-refractivity contribution is 5.80. The van der Waals surface area contributed by atoms with Crippen molar-refractivity contribution in [1.82, 2.24) is 5.32 Å². The molecule has 2 aromatic carbocycles. The van der Waals surface area contributed by atoms with Gasteiger partial charge in [-0.1, -0.05) is 6.07 Å². The Kier molecular flexibility index (Phi) is 5.49. The molecule has 156 valence electrons. The Labute approximate surface area is 160 Å². The normalized spacial score (nSPS) is 13.3. The minimum Gasteiger partial charge on any atom is -0.454 e. The van der Waals surface area contributed by atoms with Gasteiger partial charge in [-0.15, -0.1) is 0 Å². The van der Waals surface area contributed by atoms with E-state index in [-0.39, 0.29) is 19.4 Å². The first-order chi connectivity index (χ1) is 13.5. The van der Waals surface area contributed by atoms with Crippen molar-refractivity contribution in [2.24, 2.45) is 0 Å². The van der Waals surface area contributed by atoms with Gasteiger partial charge >= 0.3 is 12.4 Å². The Balaban J connectivity index is 1.62. The molecule has 0 spiro atoms. The van der Waals surface area contributed by atoms with Gasteiger partial charge in [-0.3, -0.25) is 4.79 Å². The average Bonchev–Trinajstić information content (AvgIpc) is 3.11. The fraction of sp³-hybridized carbons (Fsp3) is 0.278. The highest BCUT2D eigenvalue weighted by Crippen LogP contribution is 2.37. The predicted octanol–water partition coefficient (Wildman–Crippen LogP) is 4.18. The topological polar surface area (TPSA) is 59.6 Å². The summed E-state index contributed by atoms with van der Waals surface area (Å²) in [7, 11) is 0. The third kappa shape index (κ3) is 5.24. The van der Waals surface area contributed by atoms with E-state index in [9.17, 15) is 31.1 Å².